The molecule has 1 aromatic carbocycles. The van der Waals surface area contributed by atoms with Crippen LogP contribution in [-0.2, 0) is 6.54 Å². The second kappa shape index (κ2) is 9.31. The number of benzene rings is 1. The van der Waals surface area contributed by atoms with Gasteiger partial charge in [0, 0.05) is 48.8 Å². The predicted molar refractivity (Wildman–Crippen MR) is 112 cm³/mol. The maximum atomic E-state index is 12.2. The molecule has 6 heteroatoms. The van der Waals surface area contributed by atoms with E-state index in [4.69, 9.17) is 0 Å². The molecule has 26 heavy (non-hydrogen) atoms. The molecule has 2 N–H and O–H groups in total. The number of rotatable bonds is 5. The van der Waals surface area contributed by atoms with Crippen LogP contribution >= 0.6 is 11.8 Å². The minimum absolute atomic E-state index is 0.0114. The number of aliphatic imine (C=N–C) groups is 1. The van der Waals surface area contributed by atoms with Gasteiger partial charge in [-0.05, 0) is 44.9 Å². The van der Waals surface area contributed by atoms with E-state index >= 15 is 0 Å². The van der Waals surface area contributed by atoms with Gasteiger partial charge in [0.2, 0.25) is 0 Å². The molecule has 0 saturated carbocycles. The molecule has 0 spiro atoms. The van der Waals surface area contributed by atoms with E-state index in [1.165, 1.54) is 0 Å². The molecule has 1 amide bonds. The Morgan fingerprint density at radius 3 is 2.62 bits per heavy atom. The van der Waals surface area contributed by atoms with Gasteiger partial charge in [-0.25, -0.2) is 0 Å². The third kappa shape index (κ3) is 5.94. The number of nitrogens with zero attached hydrogens (tertiary/aromatic N) is 2. The lowest BCUT2D eigenvalue weighted by Gasteiger charge is -2.39. The molecular formula is C20H32N4OS. The van der Waals surface area contributed by atoms with Gasteiger partial charge >= 0.3 is 0 Å². The maximum absolute atomic E-state index is 12.2. The van der Waals surface area contributed by atoms with Gasteiger partial charge in [-0.1, -0.05) is 19.1 Å². The molecule has 144 valence electrons. The van der Waals surface area contributed by atoms with E-state index < -0.39 is 0 Å². The Bertz CT molecular complexity index is 627. The van der Waals surface area contributed by atoms with Gasteiger partial charge in [0.15, 0.2) is 5.96 Å². The second-order valence-electron chi connectivity index (χ2n) is 7.41. The van der Waals surface area contributed by atoms with E-state index in [1.807, 2.05) is 50.0 Å². The summed E-state index contributed by atoms with van der Waals surface area (Å²) in [7, 11) is 1.83. The SMILES string of the molecule is CCC(C)NC(=O)c1ccc(CNC(=NC)N2CCSC(C)(C)C2)cc1. The van der Waals surface area contributed by atoms with Crippen molar-refractivity contribution in [3.63, 3.8) is 0 Å². The fourth-order valence-electron chi connectivity index (χ4n) is 2.89. The zero-order valence-corrected chi connectivity index (χ0v) is 17.4. The van der Waals surface area contributed by atoms with E-state index in [1.54, 1.807) is 0 Å². The van der Waals surface area contributed by atoms with Crippen molar-refractivity contribution in [2.24, 2.45) is 4.99 Å². The van der Waals surface area contributed by atoms with Crippen molar-refractivity contribution in [3.05, 3.63) is 35.4 Å². The van der Waals surface area contributed by atoms with Crippen molar-refractivity contribution in [2.45, 2.75) is 51.4 Å². The van der Waals surface area contributed by atoms with Gasteiger partial charge in [0.25, 0.3) is 5.91 Å². The summed E-state index contributed by atoms with van der Waals surface area (Å²) in [6.07, 6.45) is 0.929. The summed E-state index contributed by atoms with van der Waals surface area (Å²) in [6.45, 7) is 11.3. The minimum Gasteiger partial charge on any atom is -0.352 e. The highest BCUT2D eigenvalue weighted by molar-refractivity contribution is 8.00. The van der Waals surface area contributed by atoms with E-state index in [9.17, 15) is 4.79 Å². The van der Waals surface area contributed by atoms with Gasteiger partial charge in [-0.15, -0.1) is 0 Å². The highest BCUT2D eigenvalue weighted by Gasteiger charge is 2.28. The second-order valence-corrected chi connectivity index (χ2v) is 9.21. The van der Waals surface area contributed by atoms with Gasteiger partial charge in [-0.3, -0.25) is 9.79 Å². The summed E-state index contributed by atoms with van der Waals surface area (Å²) < 4.78 is 0.251. The van der Waals surface area contributed by atoms with Crippen molar-refractivity contribution >= 4 is 23.6 Å². The zero-order chi connectivity index (χ0) is 19.2. The lowest BCUT2D eigenvalue weighted by Crippen LogP contribution is -2.50. The van der Waals surface area contributed by atoms with E-state index in [0.29, 0.717) is 12.1 Å². The average molecular weight is 377 g/mol. The first-order valence-electron chi connectivity index (χ1n) is 9.34. The van der Waals surface area contributed by atoms with Gasteiger partial charge < -0.3 is 15.5 Å². The normalized spacial score (nSPS) is 18.3. The Kier molecular flexibility index (Phi) is 7.38. The Morgan fingerprint density at radius 2 is 2.04 bits per heavy atom. The van der Waals surface area contributed by atoms with Crippen LogP contribution in [0.25, 0.3) is 0 Å². The van der Waals surface area contributed by atoms with Gasteiger partial charge in [-0.2, -0.15) is 11.8 Å². The highest BCUT2D eigenvalue weighted by Crippen LogP contribution is 2.29. The standard InChI is InChI=1S/C20H32N4OS/c1-6-15(2)23-18(25)17-9-7-16(8-10-17)13-22-19(21-5)24-11-12-26-20(3,4)14-24/h7-10,15H,6,11-14H2,1-5H3,(H,21,22)(H,23,25). The molecule has 1 aromatic rings. The Labute approximate surface area is 162 Å². The average Bonchev–Trinajstić information content (AvgIpc) is 2.61. The molecule has 0 bridgehead atoms. The molecule has 0 aliphatic carbocycles. The largest absolute Gasteiger partial charge is 0.352 e. The Balaban J connectivity index is 1.91. The van der Waals surface area contributed by atoms with Crippen LogP contribution in [0.1, 0.15) is 50.0 Å². The first-order valence-corrected chi connectivity index (χ1v) is 10.3. The number of carbonyl (C=O) groups excluding carboxylic acids is 1. The summed E-state index contributed by atoms with van der Waals surface area (Å²) in [5.74, 6) is 2.05. The van der Waals surface area contributed by atoms with Crippen LogP contribution in [0, 0.1) is 0 Å². The lowest BCUT2D eigenvalue weighted by atomic mass is 10.1. The summed E-state index contributed by atoms with van der Waals surface area (Å²) in [5.41, 5.74) is 1.84. The van der Waals surface area contributed by atoms with Crippen LogP contribution in [0.3, 0.4) is 0 Å². The van der Waals surface area contributed by atoms with Crippen LogP contribution in [-0.4, -0.2) is 53.4 Å². The Hall–Kier alpha value is -1.69. The highest BCUT2D eigenvalue weighted by atomic mass is 32.2. The maximum Gasteiger partial charge on any atom is 0.251 e. The van der Waals surface area contributed by atoms with E-state index in [-0.39, 0.29) is 16.7 Å². The van der Waals surface area contributed by atoms with E-state index in [2.05, 4.69) is 41.3 Å². The van der Waals surface area contributed by atoms with Crippen LogP contribution in [0.5, 0.6) is 0 Å². The summed E-state index contributed by atoms with van der Waals surface area (Å²) in [5, 5.41) is 6.44. The predicted octanol–water partition coefficient (Wildman–Crippen LogP) is 3.12. The molecule has 5 nitrogen and oxygen atoms in total. The summed E-state index contributed by atoms with van der Waals surface area (Å²) in [4.78, 5) is 18.9. The first kappa shape index (κ1) is 20.6. The minimum atomic E-state index is -0.0114. The molecule has 1 aliphatic heterocycles. The molecule has 0 radical (unpaired) electrons. The van der Waals surface area contributed by atoms with Crippen LogP contribution in [0.2, 0.25) is 0 Å². The molecule has 1 saturated heterocycles. The third-order valence-corrected chi connectivity index (χ3v) is 5.89. The molecule has 2 rings (SSSR count). The molecule has 1 atom stereocenters. The topological polar surface area (TPSA) is 56.7 Å². The number of amides is 1. The molecule has 0 aromatic heterocycles. The lowest BCUT2D eigenvalue weighted by molar-refractivity contribution is 0.0939. The summed E-state index contributed by atoms with van der Waals surface area (Å²) >= 11 is 2.01. The van der Waals surface area contributed by atoms with Crippen molar-refractivity contribution in [1.82, 2.24) is 15.5 Å². The first-order chi connectivity index (χ1) is 12.3. The number of hydrogen-bond donors (Lipinski definition) is 2. The molecule has 1 fully saturated rings. The molecule has 1 unspecified atom stereocenters. The van der Waals surface area contributed by atoms with Crippen LogP contribution < -0.4 is 10.6 Å². The third-order valence-electron chi connectivity index (χ3n) is 4.59. The Morgan fingerprint density at radius 1 is 1.35 bits per heavy atom. The number of thioether (sulfide) groups is 1. The van der Waals surface area contributed by atoms with E-state index in [0.717, 1.165) is 36.8 Å². The van der Waals surface area contributed by atoms with Crippen molar-refractivity contribution in [1.29, 1.82) is 0 Å². The number of guanidine groups is 1. The van der Waals surface area contributed by atoms with Crippen molar-refractivity contribution in [2.75, 3.05) is 25.9 Å². The number of carbonyl (C=O) groups is 1. The zero-order valence-electron chi connectivity index (χ0n) is 16.6. The van der Waals surface area contributed by atoms with Crippen LogP contribution in [0.15, 0.2) is 29.3 Å². The number of nitrogens with one attached hydrogen (secondary N) is 2. The van der Waals surface area contributed by atoms with Crippen molar-refractivity contribution < 1.29 is 4.79 Å². The van der Waals surface area contributed by atoms with Gasteiger partial charge in [0.1, 0.15) is 0 Å². The molecule has 1 aliphatic rings. The quantitative estimate of drug-likeness (QED) is 0.612. The number of hydrogen-bond acceptors (Lipinski definition) is 3. The fourth-order valence-corrected chi connectivity index (χ4v) is 4.01. The smallest absolute Gasteiger partial charge is 0.251 e. The van der Waals surface area contributed by atoms with Crippen LogP contribution in [0.4, 0.5) is 0 Å². The van der Waals surface area contributed by atoms with Crippen molar-refractivity contribution in [3.8, 4) is 0 Å². The fraction of sp³-hybridized carbons (Fsp3) is 0.600. The molecular weight excluding hydrogens is 344 g/mol. The van der Waals surface area contributed by atoms with Gasteiger partial charge in [0.05, 0.1) is 0 Å². The molecule has 1 heterocycles. The summed E-state index contributed by atoms with van der Waals surface area (Å²) in [6, 6.07) is 7.97. The monoisotopic (exact) mass is 376 g/mol.